The highest BCUT2D eigenvalue weighted by molar-refractivity contribution is 5.79. The van der Waals surface area contributed by atoms with Gasteiger partial charge in [0.25, 0.3) is 0 Å². The average Bonchev–Trinajstić information content (AvgIpc) is 2.15. The Kier molecular flexibility index (Phi) is 3.95. The summed E-state index contributed by atoms with van der Waals surface area (Å²) in [5.74, 6) is 2.67. The Balaban J connectivity index is 2.45. The highest BCUT2D eigenvalue weighted by atomic mass is 16.1. The first-order valence-electron chi connectivity index (χ1n) is 5.66. The van der Waals surface area contributed by atoms with Crippen LogP contribution in [0.15, 0.2) is 0 Å². The van der Waals surface area contributed by atoms with Crippen molar-refractivity contribution in [1.82, 2.24) is 0 Å². The first kappa shape index (κ1) is 10.7. The molecule has 0 amide bonds. The van der Waals surface area contributed by atoms with Crippen LogP contribution in [-0.4, -0.2) is 5.78 Å². The van der Waals surface area contributed by atoms with Crippen LogP contribution in [0.4, 0.5) is 0 Å². The van der Waals surface area contributed by atoms with Crippen LogP contribution in [0.2, 0.25) is 0 Å². The summed E-state index contributed by atoms with van der Waals surface area (Å²) in [6.45, 7) is 6.87. The minimum Gasteiger partial charge on any atom is -0.300 e. The fraction of sp³-hybridized carbons (Fsp3) is 0.917. The van der Waals surface area contributed by atoms with Crippen LogP contribution < -0.4 is 0 Å². The van der Waals surface area contributed by atoms with E-state index in [-0.39, 0.29) is 0 Å². The van der Waals surface area contributed by atoms with Crippen LogP contribution in [-0.2, 0) is 4.79 Å². The zero-order chi connectivity index (χ0) is 9.84. The highest BCUT2D eigenvalue weighted by Crippen LogP contribution is 2.33. The van der Waals surface area contributed by atoms with E-state index in [4.69, 9.17) is 0 Å². The van der Waals surface area contributed by atoms with Crippen molar-refractivity contribution in [3.63, 3.8) is 0 Å². The third-order valence-electron chi connectivity index (χ3n) is 3.81. The third-order valence-corrected chi connectivity index (χ3v) is 3.81. The lowest BCUT2D eigenvalue weighted by Crippen LogP contribution is -2.24. The zero-order valence-electron chi connectivity index (χ0n) is 9.18. The van der Waals surface area contributed by atoms with Crippen molar-refractivity contribution in [2.24, 2.45) is 17.8 Å². The Morgan fingerprint density at radius 3 is 2.69 bits per heavy atom. The van der Waals surface area contributed by atoms with Gasteiger partial charge < -0.3 is 0 Å². The first-order valence-corrected chi connectivity index (χ1v) is 5.66. The van der Waals surface area contributed by atoms with Crippen LogP contribution >= 0.6 is 0 Å². The number of ketones is 1. The summed E-state index contributed by atoms with van der Waals surface area (Å²) in [7, 11) is 0. The standard InChI is InChI=1S/C12H22O/c1-4-9(2)10(3)11-6-5-7-12(13)8-11/h9-11H,4-8H2,1-3H3. The number of rotatable bonds is 3. The second-order valence-corrected chi connectivity index (χ2v) is 4.64. The predicted octanol–water partition coefficient (Wildman–Crippen LogP) is 3.43. The Labute approximate surface area is 81.9 Å². The normalized spacial score (nSPS) is 28.5. The van der Waals surface area contributed by atoms with Crippen molar-refractivity contribution in [2.45, 2.75) is 52.9 Å². The monoisotopic (exact) mass is 182 g/mol. The van der Waals surface area contributed by atoms with E-state index < -0.39 is 0 Å². The van der Waals surface area contributed by atoms with Crippen molar-refractivity contribution < 1.29 is 4.79 Å². The van der Waals surface area contributed by atoms with E-state index in [1.54, 1.807) is 0 Å². The van der Waals surface area contributed by atoms with Crippen molar-refractivity contribution in [2.75, 3.05) is 0 Å². The predicted molar refractivity (Wildman–Crippen MR) is 55.6 cm³/mol. The summed E-state index contributed by atoms with van der Waals surface area (Å²) < 4.78 is 0. The molecule has 0 saturated heterocycles. The molecule has 1 aliphatic rings. The molecule has 0 radical (unpaired) electrons. The zero-order valence-corrected chi connectivity index (χ0v) is 9.18. The molecule has 76 valence electrons. The van der Waals surface area contributed by atoms with Gasteiger partial charge in [0.05, 0.1) is 0 Å². The lowest BCUT2D eigenvalue weighted by molar-refractivity contribution is -0.122. The maximum Gasteiger partial charge on any atom is 0.133 e. The van der Waals surface area contributed by atoms with Crippen molar-refractivity contribution in [3.05, 3.63) is 0 Å². The van der Waals surface area contributed by atoms with Gasteiger partial charge in [0.15, 0.2) is 0 Å². The fourth-order valence-corrected chi connectivity index (χ4v) is 2.34. The molecule has 0 spiro atoms. The molecule has 1 saturated carbocycles. The van der Waals surface area contributed by atoms with E-state index in [1.165, 1.54) is 12.8 Å². The van der Waals surface area contributed by atoms with Crippen LogP contribution in [0.3, 0.4) is 0 Å². The van der Waals surface area contributed by atoms with E-state index >= 15 is 0 Å². The Morgan fingerprint density at radius 2 is 2.15 bits per heavy atom. The second-order valence-electron chi connectivity index (χ2n) is 4.64. The Bertz CT molecular complexity index is 174. The quantitative estimate of drug-likeness (QED) is 0.653. The smallest absolute Gasteiger partial charge is 0.133 e. The van der Waals surface area contributed by atoms with E-state index in [9.17, 15) is 4.79 Å². The summed E-state index contributed by atoms with van der Waals surface area (Å²) in [5.41, 5.74) is 0. The molecule has 1 heteroatoms. The Morgan fingerprint density at radius 1 is 1.46 bits per heavy atom. The van der Waals surface area contributed by atoms with Gasteiger partial charge in [-0.15, -0.1) is 0 Å². The van der Waals surface area contributed by atoms with Gasteiger partial charge in [0.1, 0.15) is 5.78 Å². The summed E-state index contributed by atoms with van der Waals surface area (Å²) in [6, 6.07) is 0. The molecule has 0 aromatic carbocycles. The van der Waals surface area contributed by atoms with Gasteiger partial charge in [-0.05, 0) is 30.6 Å². The van der Waals surface area contributed by atoms with Crippen molar-refractivity contribution >= 4 is 5.78 Å². The molecule has 3 atom stereocenters. The van der Waals surface area contributed by atoms with Crippen molar-refractivity contribution in [1.29, 1.82) is 0 Å². The van der Waals surface area contributed by atoms with Crippen LogP contribution in [0.1, 0.15) is 52.9 Å². The summed E-state index contributed by atoms with van der Waals surface area (Å²) >= 11 is 0. The second kappa shape index (κ2) is 4.78. The van der Waals surface area contributed by atoms with Gasteiger partial charge in [-0.1, -0.05) is 27.2 Å². The number of hydrogen-bond donors (Lipinski definition) is 0. The SMILES string of the molecule is CCC(C)C(C)C1CCCC(=O)C1. The molecule has 1 aliphatic carbocycles. The lowest BCUT2D eigenvalue weighted by Gasteiger charge is -2.30. The number of carbonyl (C=O) groups excluding carboxylic acids is 1. The largest absolute Gasteiger partial charge is 0.300 e. The number of Topliss-reactive ketones (excluding diaryl/α,β-unsaturated/α-hetero) is 1. The molecule has 1 fully saturated rings. The molecule has 0 bridgehead atoms. The molecule has 0 heterocycles. The van der Waals surface area contributed by atoms with Gasteiger partial charge >= 0.3 is 0 Å². The van der Waals surface area contributed by atoms with E-state index in [2.05, 4.69) is 20.8 Å². The molecule has 3 unspecified atom stereocenters. The highest BCUT2D eigenvalue weighted by Gasteiger charge is 2.26. The molecule has 0 aromatic heterocycles. The molecule has 0 aliphatic heterocycles. The first-order chi connectivity index (χ1) is 6.15. The molecule has 0 N–H and O–H groups in total. The van der Waals surface area contributed by atoms with E-state index in [0.717, 1.165) is 31.1 Å². The van der Waals surface area contributed by atoms with Crippen molar-refractivity contribution in [3.8, 4) is 0 Å². The summed E-state index contributed by atoms with van der Waals surface area (Å²) in [6.07, 6.45) is 5.34. The van der Waals surface area contributed by atoms with E-state index in [0.29, 0.717) is 11.7 Å². The molecular formula is C12H22O. The molecule has 13 heavy (non-hydrogen) atoms. The summed E-state index contributed by atoms with van der Waals surface area (Å²) in [5, 5.41) is 0. The van der Waals surface area contributed by atoms with Crippen LogP contribution in [0.25, 0.3) is 0 Å². The average molecular weight is 182 g/mol. The topological polar surface area (TPSA) is 17.1 Å². The molecular weight excluding hydrogens is 160 g/mol. The molecule has 0 aromatic rings. The van der Waals surface area contributed by atoms with Gasteiger partial charge in [0.2, 0.25) is 0 Å². The summed E-state index contributed by atoms with van der Waals surface area (Å²) in [4.78, 5) is 11.3. The Hall–Kier alpha value is -0.330. The lowest BCUT2D eigenvalue weighted by atomic mass is 9.74. The molecule has 1 nitrogen and oxygen atoms in total. The van der Waals surface area contributed by atoms with Crippen LogP contribution in [0, 0.1) is 17.8 Å². The van der Waals surface area contributed by atoms with Gasteiger partial charge in [0, 0.05) is 12.8 Å². The fourth-order valence-electron chi connectivity index (χ4n) is 2.34. The van der Waals surface area contributed by atoms with Gasteiger partial charge in [-0.2, -0.15) is 0 Å². The van der Waals surface area contributed by atoms with Gasteiger partial charge in [-0.3, -0.25) is 4.79 Å². The van der Waals surface area contributed by atoms with Crippen LogP contribution in [0.5, 0.6) is 0 Å². The molecule has 1 rings (SSSR count). The minimum atomic E-state index is 0.492. The minimum absolute atomic E-state index is 0.492. The van der Waals surface area contributed by atoms with Gasteiger partial charge in [-0.25, -0.2) is 0 Å². The maximum absolute atomic E-state index is 11.3. The number of hydrogen-bond acceptors (Lipinski definition) is 1. The maximum atomic E-state index is 11.3. The number of carbonyl (C=O) groups is 1. The van der Waals surface area contributed by atoms with E-state index in [1.807, 2.05) is 0 Å². The third kappa shape index (κ3) is 2.82.